The number of amides is 1. The number of halogens is 1. The molecule has 0 aliphatic carbocycles. The predicted molar refractivity (Wildman–Crippen MR) is 78.4 cm³/mol. The van der Waals surface area contributed by atoms with Gasteiger partial charge < -0.3 is 5.32 Å². The highest BCUT2D eigenvalue weighted by atomic mass is 19.1. The molecular formula is C16H12FN3O. The molecule has 1 aromatic heterocycles. The summed E-state index contributed by atoms with van der Waals surface area (Å²) in [6.07, 6.45) is 0. The summed E-state index contributed by atoms with van der Waals surface area (Å²) in [5, 5.41) is 9.49. The van der Waals surface area contributed by atoms with Gasteiger partial charge in [-0.2, -0.15) is 5.10 Å². The number of benzene rings is 2. The molecule has 0 saturated heterocycles. The average Bonchev–Trinajstić information content (AvgIpc) is 3.00. The third kappa shape index (κ3) is 2.97. The van der Waals surface area contributed by atoms with Crippen molar-refractivity contribution in [1.29, 1.82) is 0 Å². The number of nitrogens with one attached hydrogen (secondary N) is 2. The number of rotatable bonds is 3. The molecule has 0 bridgehead atoms. The minimum absolute atomic E-state index is 0.323. The van der Waals surface area contributed by atoms with Gasteiger partial charge in [0, 0.05) is 11.3 Å². The fourth-order valence-corrected chi connectivity index (χ4v) is 1.93. The normalized spacial score (nSPS) is 10.3. The third-order valence-electron chi connectivity index (χ3n) is 2.99. The Morgan fingerprint density at radius 2 is 1.76 bits per heavy atom. The highest BCUT2D eigenvalue weighted by Gasteiger charge is 2.11. The van der Waals surface area contributed by atoms with Crippen molar-refractivity contribution in [2.75, 3.05) is 5.32 Å². The molecule has 0 radical (unpaired) electrons. The summed E-state index contributed by atoms with van der Waals surface area (Å²) in [4.78, 5) is 12.1. The first-order valence-corrected chi connectivity index (χ1v) is 6.40. The van der Waals surface area contributed by atoms with E-state index in [1.54, 1.807) is 6.07 Å². The van der Waals surface area contributed by atoms with Gasteiger partial charge in [-0.25, -0.2) is 4.39 Å². The second kappa shape index (κ2) is 5.58. The topological polar surface area (TPSA) is 57.8 Å². The molecule has 0 fully saturated rings. The summed E-state index contributed by atoms with van der Waals surface area (Å²) in [5.74, 6) is -0.669. The summed E-state index contributed by atoms with van der Waals surface area (Å²) in [5.41, 5.74) is 2.49. The molecule has 5 heteroatoms. The van der Waals surface area contributed by atoms with Crippen LogP contribution < -0.4 is 5.32 Å². The molecule has 3 rings (SSSR count). The van der Waals surface area contributed by atoms with E-state index >= 15 is 0 Å². The monoisotopic (exact) mass is 281 g/mol. The molecule has 2 N–H and O–H groups in total. The van der Waals surface area contributed by atoms with E-state index in [1.165, 1.54) is 24.3 Å². The van der Waals surface area contributed by atoms with Crippen LogP contribution in [0.4, 0.5) is 10.1 Å². The molecule has 0 atom stereocenters. The molecular weight excluding hydrogens is 269 g/mol. The number of hydrogen-bond donors (Lipinski definition) is 2. The lowest BCUT2D eigenvalue weighted by Gasteiger charge is -2.02. The molecule has 4 nitrogen and oxygen atoms in total. The molecule has 1 amide bonds. The Kier molecular flexibility index (Phi) is 3.47. The summed E-state index contributed by atoms with van der Waals surface area (Å²) >= 11 is 0. The van der Waals surface area contributed by atoms with E-state index in [1.807, 2.05) is 30.3 Å². The van der Waals surface area contributed by atoms with Gasteiger partial charge in [0.15, 0.2) is 0 Å². The maximum Gasteiger partial charge on any atom is 0.273 e. The van der Waals surface area contributed by atoms with Crippen molar-refractivity contribution in [1.82, 2.24) is 10.2 Å². The van der Waals surface area contributed by atoms with Gasteiger partial charge in [-0.1, -0.05) is 30.3 Å². The van der Waals surface area contributed by atoms with Crippen LogP contribution in [0.25, 0.3) is 11.3 Å². The first kappa shape index (κ1) is 13.1. The lowest BCUT2D eigenvalue weighted by molar-refractivity contribution is 0.102. The van der Waals surface area contributed by atoms with E-state index in [4.69, 9.17) is 0 Å². The summed E-state index contributed by atoms with van der Waals surface area (Å²) < 4.78 is 12.8. The molecule has 21 heavy (non-hydrogen) atoms. The first-order valence-electron chi connectivity index (χ1n) is 6.40. The zero-order valence-electron chi connectivity index (χ0n) is 11.0. The summed E-state index contributed by atoms with van der Waals surface area (Å²) in [6.45, 7) is 0. The van der Waals surface area contributed by atoms with E-state index < -0.39 is 0 Å². The minimum Gasteiger partial charge on any atom is -0.321 e. The van der Waals surface area contributed by atoms with Crippen LogP contribution in [-0.2, 0) is 0 Å². The Labute approximate surface area is 120 Å². The minimum atomic E-state index is -0.346. The van der Waals surface area contributed by atoms with Crippen LogP contribution in [0, 0.1) is 5.82 Å². The van der Waals surface area contributed by atoms with Crippen LogP contribution in [0.15, 0.2) is 60.7 Å². The van der Waals surface area contributed by atoms with E-state index in [2.05, 4.69) is 15.5 Å². The highest BCUT2D eigenvalue weighted by Crippen LogP contribution is 2.17. The van der Waals surface area contributed by atoms with Crippen molar-refractivity contribution in [3.8, 4) is 11.3 Å². The Morgan fingerprint density at radius 1 is 1.05 bits per heavy atom. The van der Waals surface area contributed by atoms with Gasteiger partial charge in [0.25, 0.3) is 5.91 Å². The highest BCUT2D eigenvalue weighted by molar-refractivity contribution is 6.03. The number of carbonyl (C=O) groups excluding carboxylic acids is 1. The van der Waals surface area contributed by atoms with Crippen LogP contribution >= 0.6 is 0 Å². The van der Waals surface area contributed by atoms with Gasteiger partial charge in [-0.3, -0.25) is 9.89 Å². The smallest absolute Gasteiger partial charge is 0.273 e. The zero-order chi connectivity index (χ0) is 14.7. The molecule has 0 saturated carbocycles. The SMILES string of the molecule is O=C(Nc1ccc(F)cc1)c1cc(-c2ccccc2)n[nH]1. The quantitative estimate of drug-likeness (QED) is 0.772. The Balaban J connectivity index is 1.77. The Bertz CT molecular complexity index is 751. The van der Waals surface area contributed by atoms with Gasteiger partial charge in [0.2, 0.25) is 0 Å². The standard InChI is InChI=1S/C16H12FN3O/c17-12-6-8-13(9-7-12)18-16(21)15-10-14(19-20-15)11-4-2-1-3-5-11/h1-10H,(H,18,21)(H,19,20). The zero-order valence-corrected chi connectivity index (χ0v) is 11.0. The number of carbonyl (C=O) groups is 1. The van der Waals surface area contributed by atoms with Crippen LogP contribution in [0.1, 0.15) is 10.5 Å². The van der Waals surface area contributed by atoms with Crippen molar-refractivity contribution >= 4 is 11.6 Å². The number of aromatic nitrogens is 2. The van der Waals surface area contributed by atoms with Crippen molar-refractivity contribution in [2.45, 2.75) is 0 Å². The van der Waals surface area contributed by atoms with E-state index in [9.17, 15) is 9.18 Å². The lowest BCUT2D eigenvalue weighted by Crippen LogP contribution is -2.12. The van der Waals surface area contributed by atoms with Crippen LogP contribution in [0.2, 0.25) is 0 Å². The molecule has 0 aliphatic heterocycles. The second-order valence-corrected chi connectivity index (χ2v) is 4.49. The van der Waals surface area contributed by atoms with E-state index in [0.717, 1.165) is 5.56 Å². The van der Waals surface area contributed by atoms with Crippen LogP contribution in [-0.4, -0.2) is 16.1 Å². The van der Waals surface area contributed by atoms with Gasteiger partial charge in [-0.15, -0.1) is 0 Å². The van der Waals surface area contributed by atoms with Crippen molar-refractivity contribution in [2.24, 2.45) is 0 Å². The first-order chi connectivity index (χ1) is 10.2. The van der Waals surface area contributed by atoms with Crippen LogP contribution in [0.5, 0.6) is 0 Å². The van der Waals surface area contributed by atoms with E-state index in [-0.39, 0.29) is 11.7 Å². The fourth-order valence-electron chi connectivity index (χ4n) is 1.93. The molecule has 0 aliphatic rings. The number of aromatic amines is 1. The van der Waals surface area contributed by atoms with E-state index in [0.29, 0.717) is 17.1 Å². The van der Waals surface area contributed by atoms with Gasteiger partial charge in [0.1, 0.15) is 11.5 Å². The van der Waals surface area contributed by atoms with Gasteiger partial charge >= 0.3 is 0 Å². The average molecular weight is 281 g/mol. The van der Waals surface area contributed by atoms with Crippen molar-refractivity contribution < 1.29 is 9.18 Å². The van der Waals surface area contributed by atoms with Gasteiger partial charge in [0.05, 0.1) is 5.69 Å². The number of hydrogen-bond acceptors (Lipinski definition) is 2. The number of nitrogens with zero attached hydrogens (tertiary/aromatic N) is 1. The fraction of sp³-hybridized carbons (Fsp3) is 0. The third-order valence-corrected chi connectivity index (χ3v) is 2.99. The number of H-pyrrole nitrogens is 1. The maximum atomic E-state index is 12.8. The summed E-state index contributed by atoms with van der Waals surface area (Å²) in [7, 11) is 0. The molecule has 1 heterocycles. The Hall–Kier alpha value is -2.95. The molecule has 0 unspecified atom stereocenters. The molecule has 2 aromatic carbocycles. The van der Waals surface area contributed by atoms with Gasteiger partial charge in [-0.05, 0) is 30.3 Å². The second-order valence-electron chi connectivity index (χ2n) is 4.49. The summed E-state index contributed by atoms with van der Waals surface area (Å²) in [6, 6.07) is 16.8. The molecule has 0 spiro atoms. The lowest BCUT2D eigenvalue weighted by atomic mass is 10.1. The van der Waals surface area contributed by atoms with Crippen molar-refractivity contribution in [3.63, 3.8) is 0 Å². The largest absolute Gasteiger partial charge is 0.321 e. The molecule has 104 valence electrons. The maximum absolute atomic E-state index is 12.8. The number of anilines is 1. The molecule has 3 aromatic rings. The Morgan fingerprint density at radius 3 is 2.48 bits per heavy atom. The predicted octanol–water partition coefficient (Wildman–Crippen LogP) is 3.47. The van der Waals surface area contributed by atoms with Crippen molar-refractivity contribution in [3.05, 3.63) is 72.2 Å². The van der Waals surface area contributed by atoms with Crippen LogP contribution in [0.3, 0.4) is 0 Å².